The Hall–Kier alpha value is -3.54. The Morgan fingerprint density at radius 1 is 1.14 bits per heavy atom. The summed E-state index contributed by atoms with van der Waals surface area (Å²) < 4.78 is 14.2. The first-order valence-electron chi connectivity index (χ1n) is 9.42. The van der Waals surface area contributed by atoms with E-state index in [0.717, 1.165) is 23.1 Å². The number of carbonyl (C=O) groups is 2. The molecule has 1 aliphatic heterocycles. The molecule has 3 aromatic rings. The molecular formula is C23H20FN3O2. The van der Waals surface area contributed by atoms with Crippen LogP contribution in [-0.2, 0) is 12.8 Å². The van der Waals surface area contributed by atoms with Gasteiger partial charge in [0.05, 0.1) is 5.56 Å². The lowest BCUT2D eigenvalue weighted by molar-refractivity contribution is 0.0956. The quantitative estimate of drug-likeness (QED) is 0.744. The van der Waals surface area contributed by atoms with Gasteiger partial charge in [0.1, 0.15) is 11.6 Å². The summed E-state index contributed by atoms with van der Waals surface area (Å²) in [4.78, 5) is 30.6. The van der Waals surface area contributed by atoms with Gasteiger partial charge < -0.3 is 5.32 Å². The summed E-state index contributed by atoms with van der Waals surface area (Å²) in [6.07, 6.45) is 2.90. The molecule has 2 aromatic carbocycles. The molecule has 6 heteroatoms. The van der Waals surface area contributed by atoms with E-state index in [0.29, 0.717) is 24.3 Å². The van der Waals surface area contributed by atoms with Crippen LogP contribution in [-0.4, -0.2) is 30.4 Å². The molecule has 0 radical (unpaired) electrons. The van der Waals surface area contributed by atoms with Crippen molar-refractivity contribution in [1.29, 1.82) is 0 Å². The molecule has 0 saturated carbocycles. The highest BCUT2D eigenvalue weighted by molar-refractivity contribution is 6.07. The van der Waals surface area contributed by atoms with Crippen LogP contribution in [0.1, 0.15) is 37.4 Å². The normalized spacial score (nSPS) is 13.2. The van der Waals surface area contributed by atoms with Crippen molar-refractivity contribution in [3.05, 3.63) is 94.4 Å². The zero-order valence-corrected chi connectivity index (χ0v) is 16.0. The topological polar surface area (TPSA) is 62.3 Å². The van der Waals surface area contributed by atoms with Crippen molar-refractivity contribution in [2.75, 3.05) is 18.5 Å². The number of nitrogens with one attached hydrogen (secondary N) is 1. The van der Waals surface area contributed by atoms with Gasteiger partial charge in [0.2, 0.25) is 0 Å². The Morgan fingerprint density at radius 2 is 1.93 bits per heavy atom. The lowest BCUT2D eigenvalue weighted by Crippen LogP contribution is -2.38. The Labute approximate surface area is 168 Å². The summed E-state index contributed by atoms with van der Waals surface area (Å²) >= 11 is 0. The monoisotopic (exact) mass is 389 g/mol. The number of fused-ring (bicyclic) bond motifs is 1. The van der Waals surface area contributed by atoms with E-state index in [4.69, 9.17) is 0 Å². The Kier molecular flexibility index (Phi) is 5.08. The summed E-state index contributed by atoms with van der Waals surface area (Å²) in [5, 5.41) is 2.42. The van der Waals surface area contributed by atoms with Gasteiger partial charge in [-0.2, -0.15) is 0 Å². The molecule has 0 aliphatic carbocycles. The zero-order valence-electron chi connectivity index (χ0n) is 16.0. The lowest BCUT2D eigenvalue weighted by atomic mass is 9.94. The van der Waals surface area contributed by atoms with Gasteiger partial charge in [-0.1, -0.05) is 24.3 Å². The molecule has 1 N–H and O–H groups in total. The van der Waals surface area contributed by atoms with Gasteiger partial charge in [-0.3, -0.25) is 14.5 Å². The first kappa shape index (κ1) is 18.8. The van der Waals surface area contributed by atoms with Gasteiger partial charge in [0, 0.05) is 25.4 Å². The number of rotatable bonds is 4. The standard InChI is InChI=1S/C23H20FN3O2/c1-25-22(28)18-8-6-16(14-20(18)24)12-15-5-7-17-9-11-27(23(29)19(17)13-15)21-4-2-3-10-26-21/h2-8,10,13-14H,9,11-12H2,1H3,(H,25,28). The summed E-state index contributed by atoms with van der Waals surface area (Å²) in [5.74, 6) is -0.450. The lowest BCUT2D eigenvalue weighted by Gasteiger charge is -2.28. The molecule has 4 rings (SSSR count). The third-order valence-electron chi connectivity index (χ3n) is 5.09. The fourth-order valence-electron chi connectivity index (χ4n) is 3.58. The largest absolute Gasteiger partial charge is 0.355 e. The SMILES string of the molecule is CNC(=O)c1ccc(Cc2ccc3c(c2)C(=O)N(c2ccccn2)CC3)cc1F. The van der Waals surface area contributed by atoms with E-state index in [1.807, 2.05) is 36.4 Å². The second-order valence-electron chi connectivity index (χ2n) is 6.96. The van der Waals surface area contributed by atoms with Gasteiger partial charge in [-0.25, -0.2) is 9.37 Å². The van der Waals surface area contributed by atoms with Crippen LogP contribution in [0.15, 0.2) is 60.8 Å². The molecule has 2 heterocycles. The van der Waals surface area contributed by atoms with Crippen molar-refractivity contribution in [2.45, 2.75) is 12.8 Å². The minimum Gasteiger partial charge on any atom is -0.355 e. The number of hydrogen-bond acceptors (Lipinski definition) is 3. The van der Waals surface area contributed by atoms with Crippen LogP contribution in [0.2, 0.25) is 0 Å². The minimum atomic E-state index is -0.558. The van der Waals surface area contributed by atoms with E-state index in [9.17, 15) is 14.0 Å². The van der Waals surface area contributed by atoms with E-state index in [1.165, 1.54) is 19.2 Å². The van der Waals surface area contributed by atoms with Crippen LogP contribution >= 0.6 is 0 Å². The van der Waals surface area contributed by atoms with Crippen LogP contribution in [0.5, 0.6) is 0 Å². The molecule has 5 nitrogen and oxygen atoms in total. The molecule has 146 valence electrons. The first-order chi connectivity index (χ1) is 14.1. The van der Waals surface area contributed by atoms with Gasteiger partial charge in [0.15, 0.2) is 0 Å². The maximum absolute atomic E-state index is 14.2. The number of hydrogen-bond donors (Lipinski definition) is 1. The number of carbonyl (C=O) groups excluding carboxylic acids is 2. The number of halogens is 1. The summed E-state index contributed by atoms with van der Waals surface area (Å²) in [7, 11) is 1.47. The van der Waals surface area contributed by atoms with Crippen molar-refractivity contribution in [3.63, 3.8) is 0 Å². The molecule has 0 bridgehead atoms. The van der Waals surface area contributed by atoms with Crippen LogP contribution in [0.3, 0.4) is 0 Å². The smallest absolute Gasteiger partial charge is 0.259 e. The first-order valence-corrected chi connectivity index (χ1v) is 9.42. The van der Waals surface area contributed by atoms with E-state index in [-0.39, 0.29) is 11.5 Å². The van der Waals surface area contributed by atoms with E-state index in [2.05, 4.69) is 10.3 Å². The molecule has 0 spiro atoms. The minimum absolute atomic E-state index is 0.0165. The second-order valence-corrected chi connectivity index (χ2v) is 6.96. The van der Waals surface area contributed by atoms with Crippen LogP contribution < -0.4 is 10.2 Å². The highest BCUT2D eigenvalue weighted by atomic mass is 19.1. The average molecular weight is 389 g/mol. The maximum atomic E-state index is 14.2. The van der Waals surface area contributed by atoms with Crippen molar-refractivity contribution < 1.29 is 14.0 Å². The molecule has 29 heavy (non-hydrogen) atoms. The molecule has 2 amide bonds. The highest BCUT2D eigenvalue weighted by Gasteiger charge is 2.26. The number of aromatic nitrogens is 1. The number of amides is 2. The summed E-state index contributed by atoms with van der Waals surface area (Å²) in [5.41, 5.74) is 3.32. The van der Waals surface area contributed by atoms with Crippen molar-refractivity contribution in [1.82, 2.24) is 10.3 Å². The Bertz CT molecular complexity index is 1080. The number of nitrogens with zero attached hydrogens (tertiary/aromatic N) is 2. The molecule has 1 aromatic heterocycles. The highest BCUT2D eigenvalue weighted by Crippen LogP contribution is 2.25. The predicted octanol–water partition coefficient (Wildman–Crippen LogP) is 3.37. The number of pyridine rings is 1. The zero-order chi connectivity index (χ0) is 20.4. The fraction of sp³-hybridized carbons (Fsp3) is 0.174. The number of anilines is 1. The van der Waals surface area contributed by atoms with Crippen LogP contribution in [0.4, 0.5) is 10.2 Å². The molecule has 0 unspecified atom stereocenters. The van der Waals surface area contributed by atoms with Gasteiger partial charge in [-0.15, -0.1) is 0 Å². The number of benzene rings is 2. The van der Waals surface area contributed by atoms with Gasteiger partial charge in [0.25, 0.3) is 11.8 Å². The van der Waals surface area contributed by atoms with E-state index in [1.54, 1.807) is 17.2 Å². The van der Waals surface area contributed by atoms with Gasteiger partial charge >= 0.3 is 0 Å². The van der Waals surface area contributed by atoms with E-state index < -0.39 is 11.7 Å². The molecular weight excluding hydrogens is 369 g/mol. The summed E-state index contributed by atoms with van der Waals surface area (Å²) in [6, 6.07) is 15.9. The molecule has 0 saturated heterocycles. The summed E-state index contributed by atoms with van der Waals surface area (Å²) in [6.45, 7) is 0.592. The van der Waals surface area contributed by atoms with Crippen LogP contribution in [0.25, 0.3) is 0 Å². The molecule has 0 atom stereocenters. The Morgan fingerprint density at radius 3 is 2.66 bits per heavy atom. The maximum Gasteiger partial charge on any atom is 0.259 e. The fourth-order valence-corrected chi connectivity index (χ4v) is 3.58. The van der Waals surface area contributed by atoms with Crippen molar-refractivity contribution in [2.24, 2.45) is 0 Å². The average Bonchev–Trinajstić information content (AvgIpc) is 2.74. The third-order valence-corrected chi connectivity index (χ3v) is 5.09. The Balaban J connectivity index is 1.59. The van der Waals surface area contributed by atoms with Crippen molar-refractivity contribution in [3.8, 4) is 0 Å². The van der Waals surface area contributed by atoms with Gasteiger partial charge in [-0.05, 0) is 59.9 Å². The van der Waals surface area contributed by atoms with E-state index >= 15 is 0 Å². The predicted molar refractivity (Wildman–Crippen MR) is 109 cm³/mol. The van der Waals surface area contributed by atoms with Crippen LogP contribution in [0, 0.1) is 5.82 Å². The second kappa shape index (κ2) is 7.83. The third kappa shape index (κ3) is 3.74. The molecule has 0 fully saturated rings. The van der Waals surface area contributed by atoms with Crippen molar-refractivity contribution >= 4 is 17.6 Å². The molecule has 1 aliphatic rings.